The van der Waals surface area contributed by atoms with Crippen LogP contribution >= 0.6 is 22.9 Å². The van der Waals surface area contributed by atoms with Crippen LogP contribution < -0.4 is 5.32 Å². The molecule has 1 aliphatic carbocycles. The first-order valence-electron chi connectivity index (χ1n) is 6.51. The van der Waals surface area contributed by atoms with E-state index in [1.165, 1.54) is 16.9 Å². The Kier molecular flexibility index (Phi) is 3.60. The molecule has 19 heavy (non-hydrogen) atoms. The number of hydrogen-bond acceptors (Lipinski definition) is 5. The summed E-state index contributed by atoms with van der Waals surface area (Å²) in [7, 11) is 4.09. The van der Waals surface area contributed by atoms with Crippen LogP contribution in [0.3, 0.4) is 0 Å². The van der Waals surface area contributed by atoms with Crippen LogP contribution in [0.4, 0.5) is 5.95 Å². The largest absolute Gasteiger partial charge is 0.353 e. The Bertz CT molecular complexity index is 608. The zero-order chi connectivity index (χ0) is 13.4. The summed E-state index contributed by atoms with van der Waals surface area (Å²) >= 11 is 8.10. The fourth-order valence-corrected chi connectivity index (χ4v) is 4.02. The van der Waals surface area contributed by atoms with E-state index in [2.05, 4.69) is 20.2 Å². The van der Waals surface area contributed by atoms with Crippen LogP contribution in [0.5, 0.6) is 0 Å². The van der Waals surface area contributed by atoms with Gasteiger partial charge in [0.05, 0.1) is 5.39 Å². The van der Waals surface area contributed by atoms with Gasteiger partial charge in [0, 0.05) is 18.0 Å². The minimum Gasteiger partial charge on any atom is -0.353 e. The maximum Gasteiger partial charge on any atom is 0.225 e. The van der Waals surface area contributed by atoms with Crippen LogP contribution in [-0.4, -0.2) is 42.1 Å². The first-order valence-corrected chi connectivity index (χ1v) is 7.71. The van der Waals surface area contributed by atoms with E-state index in [0.29, 0.717) is 11.1 Å². The molecule has 1 aliphatic rings. The summed E-state index contributed by atoms with van der Waals surface area (Å²) in [5.74, 6) is 0.638. The van der Waals surface area contributed by atoms with Gasteiger partial charge in [0.1, 0.15) is 9.98 Å². The Morgan fingerprint density at radius 3 is 2.95 bits per heavy atom. The number of rotatable bonds is 4. The maximum absolute atomic E-state index is 6.33. The molecule has 0 saturated heterocycles. The van der Waals surface area contributed by atoms with Crippen molar-refractivity contribution in [1.82, 2.24) is 14.9 Å². The minimum atomic E-state index is 0.594. The van der Waals surface area contributed by atoms with E-state index >= 15 is 0 Å². The van der Waals surface area contributed by atoms with E-state index in [1.807, 2.05) is 14.1 Å². The highest BCUT2D eigenvalue weighted by atomic mass is 35.5. The quantitative estimate of drug-likeness (QED) is 0.881. The fraction of sp³-hybridized carbons (Fsp3) is 0.538. The van der Waals surface area contributed by atoms with Gasteiger partial charge >= 0.3 is 0 Å². The van der Waals surface area contributed by atoms with Gasteiger partial charge in [-0.3, -0.25) is 0 Å². The fourth-order valence-electron chi connectivity index (χ4n) is 2.42. The van der Waals surface area contributed by atoms with Crippen LogP contribution in [0, 0.1) is 0 Å². The molecule has 0 amide bonds. The Labute approximate surface area is 121 Å². The van der Waals surface area contributed by atoms with Crippen LogP contribution in [0.2, 0.25) is 5.15 Å². The van der Waals surface area contributed by atoms with E-state index in [9.17, 15) is 0 Å². The molecule has 0 radical (unpaired) electrons. The number of aromatic nitrogens is 2. The van der Waals surface area contributed by atoms with Crippen molar-refractivity contribution in [2.45, 2.75) is 19.3 Å². The lowest BCUT2D eigenvalue weighted by Crippen LogP contribution is -2.21. The van der Waals surface area contributed by atoms with Crippen molar-refractivity contribution in [2.75, 3.05) is 32.5 Å². The van der Waals surface area contributed by atoms with Gasteiger partial charge in [-0.2, -0.15) is 0 Å². The Morgan fingerprint density at radius 1 is 1.32 bits per heavy atom. The highest BCUT2D eigenvalue weighted by Crippen LogP contribution is 2.39. The molecule has 0 spiro atoms. The lowest BCUT2D eigenvalue weighted by molar-refractivity contribution is 0.425. The summed E-state index contributed by atoms with van der Waals surface area (Å²) in [4.78, 5) is 13.6. The number of aryl methyl sites for hydroxylation is 2. The molecule has 0 fully saturated rings. The van der Waals surface area contributed by atoms with Crippen LogP contribution in [0.1, 0.15) is 16.9 Å². The number of likely N-dealkylation sites (N-methyl/N-ethyl adjacent to an activating group) is 1. The topological polar surface area (TPSA) is 41.0 Å². The van der Waals surface area contributed by atoms with Crippen molar-refractivity contribution in [3.8, 4) is 0 Å². The Morgan fingerprint density at radius 2 is 2.16 bits per heavy atom. The lowest BCUT2D eigenvalue weighted by atomic mass is 10.2. The van der Waals surface area contributed by atoms with Crippen molar-refractivity contribution < 1.29 is 0 Å². The van der Waals surface area contributed by atoms with Crippen molar-refractivity contribution in [3.63, 3.8) is 0 Å². The molecule has 2 aromatic heterocycles. The number of nitrogens with zero attached hydrogens (tertiary/aromatic N) is 3. The van der Waals surface area contributed by atoms with Crippen molar-refractivity contribution in [1.29, 1.82) is 0 Å². The third-order valence-corrected chi connectivity index (χ3v) is 4.82. The normalized spacial score (nSPS) is 14.3. The van der Waals surface area contributed by atoms with E-state index in [0.717, 1.165) is 36.1 Å². The van der Waals surface area contributed by atoms with Crippen molar-refractivity contribution in [3.05, 3.63) is 15.6 Å². The van der Waals surface area contributed by atoms with Gasteiger partial charge in [-0.25, -0.2) is 9.97 Å². The second kappa shape index (κ2) is 5.23. The third kappa shape index (κ3) is 2.55. The first-order chi connectivity index (χ1) is 9.15. The molecular formula is C13H17ClN4S. The second-order valence-electron chi connectivity index (χ2n) is 5.11. The molecule has 1 N–H and O–H groups in total. The number of hydrogen-bond donors (Lipinski definition) is 1. The van der Waals surface area contributed by atoms with Gasteiger partial charge in [-0.15, -0.1) is 11.3 Å². The zero-order valence-electron chi connectivity index (χ0n) is 11.2. The van der Waals surface area contributed by atoms with E-state index < -0.39 is 0 Å². The maximum atomic E-state index is 6.33. The van der Waals surface area contributed by atoms with Gasteiger partial charge in [0.25, 0.3) is 0 Å². The molecule has 0 aromatic carbocycles. The highest BCUT2D eigenvalue weighted by molar-refractivity contribution is 7.19. The smallest absolute Gasteiger partial charge is 0.225 e. The molecule has 0 saturated carbocycles. The molecule has 0 atom stereocenters. The second-order valence-corrected chi connectivity index (χ2v) is 6.55. The number of thiophene rings is 1. The monoisotopic (exact) mass is 296 g/mol. The Hall–Kier alpha value is -0.910. The SMILES string of the molecule is CN(C)CCNc1nc(Cl)c2c3c(sc2n1)CCC3. The van der Waals surface area contributed by atoms with Gasteiger partial charge in [0.15, 0.2) is 0 Å². The summed E-state index contributed by atoms with van der Waals surface area (Å²) < 4.78 is 0. The summed E-state index contributed by atoms with van der Waals surface area (Å²) in [6.45, 7) is 1.76. The summed E-state index contributed by atoms with van der Waals surface area (Å²) in [5, 5.41) is 4.91. The van der Waals surface area contributed by atoms with Gasteiger partial charge in [-0.1, -0.05) is 11.6 Å². The number of fused-ring (bicyclic) bond motifs is 3. The Balaban J connectivity index is 1.88. The lowest BCUT2D eigenvalue weighted by Gasteiger charge is -2.10. The summed E-state index contributed by atoms with van der Waals surface area (Å²) in [6, 6.07) is 0. The molecule has 0 unspecified atom stereocenters. The van der Waals surface area contributed by atoms with Crippen molar-refractivity contribution >= 4 is 39.1 Å². The standard InChI is InChI=1S/C13H17ClN4S/c1-18(2)7-6-15-13-16-11(14)10-8-4-3-5-9(8)19-12(10)17-13/h3-7H2,1-2H3,(H,15,16,17). The molecule has 6 heteroatoms. The number of nitrogens with one attached hydrogen (secondary N) is 1. The molecule has 0 aliphatic heterocycles. The molecule has 0 bridgehead atoms. The minimum absolute atomic E-state index is 0.594. The highest BCUT2D eigenvalue weighted by Gasteiger charge is 2.21. The van der Waals surface area contributed by atoms with Crippen LogP contribution in [0.25, 0.3) is 10.2 Å². The molecule has 4 nitrogen and oxygen atoms in total. The zero-order valence-corrected chi connectivity index (χ0v) is 12.7. The third-order valence-electron chi connectivity index (χ3n) is 3.36. The molecule has 3 rings (SSSR count). The van der Waals surface area contributed by atoms with Crippen LogP contribution in [0.15, 0.2) is 0 Å². The van der Waals surface area contributed by atoms with Crippen molar-refractivity contribution in [2.24, 2.45) is 0 Å². The van der Waals surface area contributed by atoms with Gasteiger partial charge in [-0.05, 0) is 38.9 Å². The predicted molar refractivity (Wildman–Crippen MR) is 81.5 cm³/mol. The van der Waals surface area contributed by atoms with Gasteiger partial charge < -0.3 is 10.2 Å². The average Bonchev–Trinajstić information content (AvgIpc) is 2.87. The van der Waals surface area contributed by atoms with E-state index in [-0.39, 0.29) is 0 Å². The molecule has 102 valence electrons. The number of anilines is 1. The molecule has 2 aromatic rings. The number of halogens is 1. The van der Waals surface area contributed by atoms with E-state index in [1.54, 1.807) is 11.3 Å². The predicted octanol–water partition coefficient (Wildman–Crippen LogP) is 2.81. The average molecular weight is 297 g/mol. The van der Waals surface area contributed by atoms with Crippen LogP contribution in [-0.2, 0) is 12.8 Å². The summed E-state index contributed by atoms with van der Waals surface area (Å²) in [6.07, 6.45) is 3.51. The molecular weight excluding hydrogens is 280 g/mol. The molecule has 2 heterocycles. The van der Waals surface area contributed by atoms with E-state index in [4.69, 9.17) is 11.6 Å². The van der Waals surface area contributed by atoms with Gasteiger partial charge in [0.2, 0.25) is 5.95 Å². The first kappa shape index (κ1) is 13.1. The summed E-state index contributed by atoms with van der Waals surface area (Å²) in [5.41, 5.74) is 1.38.